The molecule has 3 rings (SSSR count). The molecule has 0 radical (unpaired) electrons. The fourth-order valence-corrected chi connectivity index (χ4v) is 2.94. The molecule has 0 atom stereocenters. The first-order valence-corrected chi connectivity index (χ1v) is 10.1. The Kier molecular flexibility index (Phi) is 8.08. The standard InChI is InChI=1S/C23H18Cl2N2O5/c1-30-21-11-15(9-10-20(21)32-23(29)18-7-2-3-8-19(18)25)13-26-27-22(28)14-31-17-6-4-5-16(24)12-17/h2-13H,14H2,1H3,(H,27,28)/b26-13-. The smallest absolute Gasteiger partial charge is 0.345 e. The number of rotatable bonds is 8. The zero-order valence-electron chi connectivity index (χ0n) is 16.9. The van der Waals surface area contributed by atoms with Crippen LogP contribution in [-0.4, -0.2) is 31.8 Å². The minimum atomic E-state index is -0.609. The summed E-state index contributed by atoms with van der Waals surface area (Å²) in [6, 6.07) is 18.1. The lowest BCUT2D eigenvalue weighted by Gasteiger charge is -2.10. The molecule has 164 valence electrons. The number of ether oxygens (including phenoxy) is 3. The van der Waals surface area contributed by atoms with Gasteiger partial charge in [-0.2, -0.15) is 5.10 Å². The van der Waals surface area contributed by atoms with Crippen LogP contribution < -0.4 is 19.6 Å². The number of methoxy groups -OCH3 is 1. The minimum absolute atomic E-state index is 0.216. The van der Waals surface area contributed by atoms with Crippen molar-refractivity contribution in [1.29, 1.82) is 0 Å². The van der Waals surface area contributed by atoms with E-state index in [4.69, 9.17) is 37.4 Å². The summed E-state index contributed by atoms with van der Waals surface area (Å²) in [6.07, 6.45) is 1.42. The maximum Gasteiger partial charge on any atom is 0.345 e. The minimum Gasteiger partial charge on any atom is -0.493 e. The first-order valence-electron chi connectivity index (χ1n) is 9.31. The third-order valence-electron chi connectivity index (χ3n) is 4.05. The number of hydrazone groups is 1. The number of halogens is 2. The number of nitrogens with zero attached hydrogens (tertiary/aromatic N) is 1. The predicted molar refractivity (Wildman–Crippen MR) is 122 cm³/mol. The van der Waals surface area contributed by atoms with Crippen molar-refractivity contribution in [2.75, 3.05) is 13.7 Å². The van der Waals surface area contributed by atoms with Gasteiger partial charge >= 0.3 is 5.97 Å². The van der Waals surface area contributed by atoms with Crippen LogP contribution in [0.2, 0.25) is 10.0 Å². The SMILES string of the molecule is COc1cc(/C=N\NC(=O)COc2cccc(Cl)c2)ccc1OC(=O)c1ccccc1Cl. The molecule has 1 amide bonds. The van der Waals surface area contributed by atoms with Gasteiger partial charge in [-0.25, -0.2) is 10.2 Å². The molecule has 0 aliphatic rings. The molecule has 7 nitrogen and oxygen atoms in total. The molecule has 0 fully saturated rings. The first-order chi connectivity index (χ1) is 15.5. The van der Waals surface area contributed by atoms with Gasteiger partial charge < -0.3 is 14.2 Å². The van der Waals surface area contributed by atoms with Crippen LogP contribution in [0, 0.1) is 0 Å². The van der Waals surface area contributed by atoms with Crippen LogP contribution in [0.3, 0.4) is 0 Å². The fourth-order valence-electron chi connectivity index (χ4n) is 2.55. The van der Waals surface area contributed by atoms with Gasteiger partial charge in [0.1, 0.15) is 5.75 Å². The first kappa shape index (κ1) is 23.1. The quantitative estimate of drug-likeness (QED) is 0.221. The number of benzene rings is 3. The summed E-state index contributed by atoms with van der Waals surface area (Å²) in [5.41, 5.74) is 3.21. The molecule has 3 aromatic carbocycles. The van der Waals surface area contributed by atoms with Gasteiger partial charge in [0.15, 0.2) is 18.1 Å². The highest BCUT2D eigenvalue weighted by molar-refractivity contribution is 6.33. The molecular weight excluding hydrogens is 455 g/mol. The van der Waals surface area contributed by atoms with E-state index in [9.17, 15) is 9.59 Å². The monoisotopic (exact) mass is 472 g/mol. The van der Waals surface area contributed by atoms with Crippen LogP contribution in [0.15, 0.2) is 71.8 Å². The number of esters is 1. The van der Waals surface area contributed by atoms with Gasteiger partial charge in [0, 0.05) is 5.02 Å². The number of hydrogen-bond donors (Lipinski definition) is 1. The summed E-state index contributed by atoms with van der Waals surface area (Å²) < 4.78 is 16.0. The topological polar surface area (TPSA) is 86.2 Å². The molecule has 32 heavy (non-hydrogen) atoms. The molecule has 0 spiro atoms. The molecule has 3 aromatic rings. The van der Waals surface area contributed by atoms with E-state index >= 15 is 0 Å². The van der Waals surface area contributed by atoms with E-state index in [2.05, 4.69) is 10.5 Å². The molecule has 0 unspecified atom stereocenters. The molecule has 9 heteroatoms. The molecule has 0 bridgehead atoms. The Labute approximate surface area is 194 Å². The molecule has 0 saturated carbocycles. The van der Waals surface area contributed by atoms with Gasteiger partial charge in [0.05, 0.1) is 23.9 Å². The largest absolute Gasteiger partial charge is 0.493 e. The van der Waals surface area contributed by atoms with E-state index in [1.54, 1.807) is 66.7 Å². The second kappa shape index (κ2) is 11.2. The maximum atomic E-state index is 12.4. The Morgan fingerprint density at radius 2 is 1.81 bits per heavy atom. The highest BCUT2D eigenvalue weighted by atomic mass is 35.5. The number of hydrogen-bond acceptors (Lipinski definition) is 6. The average Bonchev–Trinajstić information content (AvgIpc) is 2.79. The average molecular weight is 473 g/mol. The van der Waals surface area contributed by atoms with E-state index in [0.717, 1.165) is 0 Å². The number of carbonyl (C=O) groups excluding carboxylic acids is 2. The normalized spacial score (nSPS) is 10.6. The van der Waals surface area contributed by atoms with Crippen molar-refractivity contribution in [2.45, 2.75) is 0 Å². The zero-order valence-corrected chi connectivity index (χ0v) is 18.4. The Morgan fingerprint density at radius 1 is 1.00 bits per heavy atom. The summed E-state index contributed by atoms with van der Waals surface area (Å²) in [4.78, 5) is 24.2. The van der Waals surface area contributed by atoms with Gasteiger partial charge in [-0.1, -0.05) is 41.4 Å². The van der Waals surface area contributed by atoms with E-state index in [-0.39, 0.29) is 22.9 Å². The highest BCUT2D eigenvalue weighted by Gasteiger charge is 2.15. The van der Waals surface area contributed by atoms with Gasteiger partial charge in [-0.05, 0) is 54.1 Å². The van der Waals surface area contributed by atoms with Crippen LogP contribution in [0.4, 0.5) is 0 Å². The molecule has 1 N–H and O–H groups in total. The lowest BCUT2D eigenvalue weighted by atomic mass is 10.2. The van der Waals surface area contributed by atoms with Crippen LogP contribution in [0.25, 0.3) is 0 Å². The summed E-state index contributed by atoms with van der Waals surface area (Å²) in [5.74, 6) is -0.0532. The fraction of sp³-hybridized carbons (Fsp3) is 0.0870. The number of nitrogens with one attached hydrogen (secondary N) is 1. The Hall–Kier alpha value is -3.55. The van der Waals surface area contributed by atoms with Crippen molar-refractivity contribution in [3.8, 4) is 17.2 Å². The zero-order chi connectivity index (χ0) is 22.9. The third kappa shape index (κ3) is 6.47. The van der Waals surface area contributed by atoms with E-state index in [1.165, 1.54) is 13.3 Å². The van der Waals surface area contributed by atoms with Crippen molar-refractivity contribution < 1.29 is 23.8 Å². The second-order valence-corrected chi connectivity index (χ2v) is 7.16. The van der Waals surface area contributed by atoms with Crippen LogP contribution in [0.5, 0.6) is 17.2 Å². The van der Waals surface area contributed by atoms with E-state index in [0.29, 0.717) is 22.1 Å². The Balaban J connectivity index is 1.58. The Bertz CT molecular complexity index is 1150. The lowest BCUT2D eigenvalue weighted by Crippen LogP contribution is -2.24. The van der Waals surface area contributed by atoms with Crippen molar-refractivity contribution >= 4 is 41.3 Å². The van der Waals surface area contributed by atoms with Gasteiger partial charge in [-0.15, -0.1) is 0 Å². The van der Waals surface area contributed by atoms with Gasteiger partial charge in [0.25, 0.3) is 5.91 Å². The van der Waals surface area contributed by atoms with E-state index in [1.807, 2.05) is 0 Å². The van der Waals surface area contributed by atoms with Crippen LogP contribution >= 0.6 is 23.2 Å². The molecule has 0 aliphatic heterocycles. The lowest BCUT2D eigenvalue weighted by molar-refractivity contribution is -0.123. The summed E-state index contributed by atoms with van der Waals surface area (Å²) in [5, 5.41) is 4.68. The highest BCUT2D eigenvalue weighted by Crippen LogP contribution is 2.29. The van der Waals surface area contributed by atoms with Crippen molar-refractivity contribution in [2.24, 2.45) is 5.10 Å². The van der Waals surface area contributed by atoms with E-state index < -0.39 is 11.9 Å². The predicted octanol–water partition coefficient (Wildman–Crippen LogP) is 4.75. The van der Waals surface area contributed by atoms with Crippen LogP contribution in [0.1, 0.15) is 15.9 Å². The van der Waals surface area contributed by atoms with Crippen molar-refractivity contribution in [1.82, 2.24) is 5.43 Å². The summed E-state index contributed by atoms with van der Waals surface area (Å²) in [6.45, 7) is -0.224. The molecule has 0 saturated heterocycles. The molecular formula is C23H18Cl2N2O5. The molecule has 0 aromatic heterocycles. The summed E-state index contributed by atoms with van der Waals surface area (Å²) in [7, 11) is 1.44. The third-order valence-corrected chi connectivity index (χ3v) is 4.62. The summed E-state index contributed by atoms with van der Waals surface area (Å²) >= 11 is 11.9. The van der Waals surface area contributed by atoms with Gasteiger partial charge in [0.2, 0.25) is 0 Å². The van der Waals surface area contributed by atoms with Crippen molar-refractivity contribution in [3.05, 3.63) is 87.9 Å². The Morgan fingerprint density at radius 3 is 2.56 bits per heavy atom. The van der Waals surface area contributed by atoms with Gasteiger partial charge in [-0.3, -0.25) is 4.79 Å². The molecule has 0 aliphatic carbocycles. The number of carbonyl (C=O) groups is 2. The van der Waals surface area contributed by atoms with Crippen molar-refractivity contribution in [3.63, 3.8) is 0 Å². The maximum absolute atomic E-state index is 12.4. The molecule has 0 heterocycles. The van der Waals surface area contributed by atoms with Crippen LogP contribution in [-0.2, 0) is 4.79 Å². The number of amides is 1. The second-order valence-electron chi connectivity index (χ2n) is 6.32.